The fourth-order valence-electron chi connectivity index (χ4n) is 3.01. The molecule has 2 saturated heterocycles. The van der Waals surface area contributed by atoms with Gasteiger partial charge in [-0.15, -0.1) is 0 Å². The van der Waals surface area contributed by atoms with Crippen LogP contribution in [0.3, 0.4) is 0 Å². The fourth-order valence-corrected chi connectivity index (χ4v) is 3.01. The van der Waals surface area contributed by atoms with Crippen molar-refractivity contribution in [3.63, 3.8) is 0 Å². The zero-order valence-electron chi connectivity index (χ0n) is 13.8. The molecule has 0 unspecified atom stereocenters. The molecular formula is C17H24BFO3. The monoisotopic (exact) mass is 306 g/mol. The Morgan fingerprint density at radius 2 is 1.64 bits per heavy atom. The summed E-state index contributed by atoms with van der Waals surface area (Å²) in [4.78, 5) is 0. The molecule has 3 nitrogen and oxygen atoms in total. The Hall–Kier alpha value is -0.905. The van der Waals surface area contributed by atoms with Gasteiger partial charge in [0.25, 0.3) is 0 Å². The Kier molecular flexibility index (Phi) is 4.08. The molecule has 0 amide bonds. The molecule has 0 radical (unpaired) electrons. The standard InChI is InChI=1S/C17H24BFO3/c1-16(2)17(3,4)22-18(21-16)13-5-6-15(19)14(11-13)12-7-9-20-10-8-12/h5-6,11-12H,7-10H2,1-4H3. The topological polar surface area (TPSA) is 27.7 Å². The first-order valence-corrected chi connectivity index (χ1v) is 8.03. The molecule has 0 N–H and O–H groups in total. The third-order valence-electron chi connectivity index (χ3n) is 5.21. The molecule has 2 aliphatic heterocycles. The zero-order valence-corrected chi connectivity index (χ0v) is 13.8. The summed E-state index contributed by atoms with van der Waals surface area (Å²) in [6, 6.07) is 5.21. The molecule has 120 valence electrons. The SMILES string of the molecule is CC1(C)OB(c2ccc(F)c(C3CCOCC3)c2)OC1(C)C. The minimum absolute atomic E-state index is 0.146. The molecule has 0 saturated carbocycles. The highest BCUT2D eigenvalue weighted by atomic mass is 19.1. The minimum atomic E-state index is -0.441. The van der Waals surface area contributed by atoms with Crippen molar-refractivity contribution in [2.45, 2.75) is 57.7 Å². The molecule has 2 aliphatic rings. The van der Waals surface area contributed by atoms with Crippen LogP contribution in [-0.4, -0.2) is 31.5 Å². The van der Waals surface area contributed by atoms with E-state index in [2.05, 4.69) is 0 Å². The van der Waals surface area contributed by atoms with Crippen LogP contribution in [0.2, 0.25) is 0 Å². The van der Waals surface area contributed by atoms with Crippen molar-refractivity contribution in [2.75, 3.05) is 13.2 Å². The van der Waals surface area contributed by atoms with Gasteiger partial charge in [0.05, 0.1) is 11.2 Å². The van der Waals surface area contributed by atoms with E-state index in [-0.39, 0.29) is 22.9 Å². The molecule has 1 aromatic carbocycles. The number of ether oxygens (including phenoxy) is 1. The highest BCUT2D eigenvalue weighted by Gasteiger charge is 2.51. The molecule has 0 spiro atoms. The minimum Gasteiger partial charge on any atom is -0.399 e. The van der Waals surface area contributed by atoms with Crippen molar-refractivity contribution in [1.29, 1.82) is 0 Å². The lowest BCUT2D eigenvalue weighted by Gasteiger charge is -2.32. The fraction of sp³-hybridized carbons (Fsp3) is 0.647. The maximum atomic E-state index is 14.2. The van der Waals surface area contributed by atoms with Crippen molar-refractivity contribution in [2.24, 2.45) is 0 Å². The lowest BCUT2D eigenvalue weighted by atomic mass is 9.76. The van der Waals surface area contributed by atoms with Gasteiger partial charge in [-0.3, -0.25) is 0 Å². The van der Waals surface area contributed by atoms with Crippen LogP contribution in [0.15, 0.2) is 18.2 Å². The average molecular weight is 306 g/mol. The highest BCUT2D eigenvalue weighted by Crippen LogP contribution is 2.37. The Bertz CT molecular complexity index is 537. The van der Waals surface area contributed by atoms with Crippen LogP contribution < -0.4 is 5.46 Å². The molecule has 2 heterocycles. The number of benzene rings is 1. The van der Waals surface area contributed by atoms with E-state index in [4.69, 9.17) is 14.0 Å². The van der Waals surface area contributed by atoms with Gasteiger partial charge in [0.15, 0.2) is 0 Å². The maximum Gasteiger partial charge on any atom is 0.494 e. The Morgan fingerprint density at radius 3 is 2.23 bits per heavy atom. The average Bonchev–Trinajstić information content (AvgIpc) is 2.69. The van der Waals surface area contributed by atoms with Crippen molar-refractivity contribution < 1.29 is 18.4 Å². The third kappa shape index (κ3) is 2.82. The number of rotatable bonds is 2. The normalized spacial score (nSPS) is 24.7. The van der Waals surface area contributed by atoms with Crippen LogP contribution in [-0.2, 0) is 14.0 Å². The van der Waals surface area contributed by atoms with Gasteiger partial charge in [-0.2, -0.15) is 0 Å². The van der Waals surface area contributed by atoms with Crippen LogP contribution in [0.4, 0.5) is 4.39 Å². The van der Waals surface area contributed by atoms with E-state index >= 15 is 0 Å². The van der Waals surface area contributed by atoms with E-state index in [0.29, 0.717) is 13.2 Å². The first kappa shape index (κ1) is 16.0. The summed E-state index contributed by atoms with van der Waals surface area (Å²) < 4.78 is 31.7. The van der Waals surface area contributed by atoms with Crippen LogP contribution in [0.1, 0.15) is 52.0 Å². The van der Waals surface area contributed by atoms with E-state index in [1.165, 1.54) is 6.07 Å². The number of hydrogen-bond donors (Lipinski definition) is 0. The van der Waals surface area contributed by atoms with E-state index in [1.807, 2.05) is 33.8 Å². The molecule has 0 aromatic heterocycles. The Labute approximate surface area is 132 Å². The smallest absolute Gasteiger partial charge is 0.399 e. The molecule has 5 heteroatoms. The van der Waals surface area contributed by atoms with E-state index in [1.54, 1.807) is 6.07 Å². The molecule has 0 bridgehead atoms. The Balaban J connectivity index is 1.87. The maximum absolute atomic E-state index is 14.2. The largest absolute Gasteiger partial charge is 0.494 e. The van der Waals surface area contributed by atoms with Crippen molar-refractivity contribution in [3.8, 4) is 0 Å². The number of hydrogen-bond acceptors (Lipinski definition) is 3. The van der Waals surface area contributed by atoms with Gasteiger partial charge in [0, 0.05) is 13.2 Å². The molecule has 0 aliphatic carbocycles. The molecular weight excluding hydrogens is 282 g/mol. The van der Waals surface area contributed by atoms with Gasteiger partial charge in [0.1, 0.15) is 5.82 Å². The van der Waals surface area contributed by atoms with E-state index < -0.39 is 7.12 Å². The van der Waals surface area contributed by atoms with Gasteiger partial charge >= 0.3 is 7.12 Å². The van der Waals surface area contributed by atoms with Gasteiger partial charge in [-0.25, -0.2) is 4.39 Å². The lowest BCUT2D eigenvalue weighted by molar-refractivity contribution is 0.00578. The lowest BCUT2D eigenvalue weighted by Crippen LogP contribution is -2.41. The predicted molar refractivity (Wildman–Crippen MR) is 84.9 cm³/mol. The van der Waals surface area contributed by atoms with Gasteiger partial charge in [-0.1, -0.05) is 12.1 Å². The zero-order chi connectivity index (χ0) is 16.0. The van der Waals surface area contributed by atoms with Crippen LogP contribution in [0.5, 0.6) is 0 Å². The van der Waals surface area contributed by atoms with Gasteiger partial charge in [0.2, 0.25) is 0 Å². The highest BCUT2D eigenvalue weighted by molar-refractivity contribution is 6.62. The van der Waals surface area contributed by atoms with Gasteiger partial charge < -0.3 is 14.0 Å². The second kappa shape index (κ2) is 5.62. The number of halogens is 1. The van der Waals surface area contributed by atoms with Crippen molar-refractivity contribution >= 4 is 12.6 Å². The molecule has 3 rings (SSSR count). The third-order valence-corrected chi connectivity index (χ3v) is 5.21. The molecule has 2 fully saturated rings. The summed E-state index contributed by atoms with van der Waals surface area (Å²) in [5.74, 6) is 0.0725. The summed E-state index contributed by atoms with van der Waals surface area (Å²) in [5, 5.41) is 0. The Morgan fingerprint density at radius 1 is 1.05 bits per heavy atom. The summed E-state index contributed by atoms with van der Waals surface area (Å²) in [7, 11) is -0.441. The summed E-state index contributed by atoms with van der Waals surface area (Å²) >= 11 is 0. The van der Waals surface area contributed by atoms with E-state index in [9.17, 15) is 4.39 Å². The first-order chi connectivity index (χ1) is 10.3. The molecule has 22 heavy (non-hydrogen) atoms. The van der Waals surface area contributed by atoms with Crippen molar-refractivity contribution in [3.05, 3.63) is 29.6 Å². The van der Waals surface area contributed by atoms with Crippen LogP contribution in [0, 0.1) is 5.82 Å². The quantitative estimate of drug-likeness (QED) is 0.786. The van der Waals surface area contributed by atoms with Crippen LogP contribution >= 0.6 is 0 Å². The molecule has 0 atom stereocenters. The summed E-state index contributed by atoms with van der Waals surface area (Å²) in [6.45, 7) is 9.49. The summed E-state index contributed by atoms with van der Waals surface area (Å²) in [6.07, 6.45) is 1.73. The van der Waals surface area contributed by atoms with Crippen LogP contribution in [0.25, 0.3) is 0 Å². The second-order valence-electron chi connectivity index (χ2n) is 7.26. The van der Waals surface area contributed by atoms with E-state index in [0.717, 1.165) is 23.9 Å². The first-order valence-electron chi connectivity index (χ1n) is 8.03. The molecule has 1 aromatic rings. The summed E-state index contributed by atoms with van der Waals surface area (Å²) in [5.41, 5.74) is 0.882. The van der Waals surface area contributed by atoms with Crippen molar-refractivity contribution in [1.82, 2.24) is 0 Å². The van der Waals surface area contributed by atoms with Gasteiger partial charge in [-0.05, 0) is 63.5 Å². The second-order valence-corrected chi connectivity index (χ2v) is 7.26. The predicted octanol–water partition coefficient (Wildman–Crippen LogP) is 3.02.